The van der Waals surface area contributed by atoms with Crippen molar-refractivity contribution in [2.75, 3.05) is 0 Å². The zero-order chi connectivity index (χ0) is 30.1. The van der Waals surface area contributed by atoms with Crippen molar-refractivity contribution in [1.29, 1.82) is 0 Å². The fourth-order valence-electron chi connectivity index (χ4n) is 7.19. The van der Waals surface area contributed by atoms with Gasteiger partial charge in [-0.1, -0.05) is 135 Å². The van der Waals surface area contributed by atoms with Crippen LogP contribution in [0.5, 0.6) is 0 Å². The number of aromatic nitrogens is 3. The quantitative estimate of drug-likeness (QED) is 0.197. The molecule has 0 spiro atoms. The van der Waals surface area contributed by atoms with Gasteiger partial charge in [0, 0.05) is 38.3 Å². The third-order valence-corrected chi connectivity index (χ3v) is 9.43. The highest BCUT2D eigenvalue weighted by Crippen LogP contribution is 2.53. The van der Waals surface area contributed by atoms with Crippen LogP contribution < -0.4 is 0 Å². The highest BCUT2D eigenvalue weighted by atomic mass is 14.8. The van der Waals surface area contributed by atoms with Gasteiger partial charge >= 0.3 is 0 Å². The molecular formula is C42H29N3. The Hall–Kier alpha value is -5.67. The van der Waals surface area contributed by atoms with E-state index in [1.165, 1.54) is 33.2 Å². The second kappa shape index (κ2) is 9.67. The van der Waals surface area contributed by atoms with Crippen molar-refractivity contribution in [3.8, 4) is 44.9 Å². The topological polar surface area (TPSA) is 38.7 Å². The molecule has 0 saturated carbocycles. The summed E-state index contributed by atoms with van der Waals surface area (Å²) in [6.07, 6.45) is 0. The van der Waals surface area contributed by atoms with E-state index in [-0.39, 0.29) is 5.41 Å². The van der Waals surface area contributed by atoms with Crippen LogP contribution in [0.15, 0.2) is 140 Å². The van der Waals surface area contributed by atoms with Gasteiger partial charge in [-0.2, -0.15) is 0 Å². The number of benzene rings is 5. The van der Waals surface area contributed by atoms with Gasteiger partial charge in [0.05, 0.1) is 33.6 Å². The van der Waals surface area contributed by atoms with Crippen molar-refractivity contribution in [2.24, 2.45) is 0 Å². The highest BCUT2D eigenvalue weighted by molar-refractivity contribution is 6.05. The number of pyridine rings is 3. The molecule has 3 aromatic heterocycles. The minimum Gasteiger partial charge on any atom is -0.247 e. The van der Waals surface area contributed by atoms with E-state index in [9.17, 15) is 0 Å². The van der Waals surface area contributed by atoms with E-state index in [4.69, 9.17) is 15.0 Å². The van der Waals surface area contributed by atoms with Crippen LogP contribution in [0.4, 0.5) is 0 Å². The first-order chi connectivity index (χ1) is 22.1. The largest absolute Gasteiger partial charge is 0.247 e. The Morgan fingerprint density at radius 1 is 0.467 bits per heavy atom. The van der Waals surface area contributed by atoms with Crippen LogP contribution in [-0.4, -0.2) is 15.0 Å². The average molecular weight is 576 g/mol. The number of hydrogen-bond donors (Lipinski definition) is 0. The van der Waals surface area contributed by atoms with Gasteiger partial charge in [-0.05, 0) is 40.5 Å². The molecule has 0 N–H and O–H groups in total. The van der Waals surface area contributed by atoms with E-state index in [1.807, 2.05) is 18.2 Å². The lowest BCUT2D eigenvalue weighted by atomic mass is 9.78. The van der Waals surface area contributed by atoms with E-state index in [0.29, 0.717) is 0 Å². The third kappa shape index (κ3) is 3.94. The smallest absolute Gasteiger partial charge is 0.0972 e. The molecule has 1 aliphatic carbocycles. The maximum atomic E-state index is 5.21. The Morgan fingerprint density at radius 2 is 1.02 bits per heavy atom. The summed E-state index contributed by atoms with van der Waals surface area (Å²) in [6.45, 7) is 4.65. The van der Waals surface area contributed by atoms with Crippen LogP contribution >= 0.6 is 0 Å². The van der Waals surface area contributed by atoms with Gasteiger partial charge in [-0.25, -0.2) is 15.0 Å². The van der Waals surface area contributed by atoms with Gasteiger partial charge in [0.2, 0.25) is 0 Å². The SMILES string of the molecule is CC1(C)c2ccccc2-c2nc3ccccc3c(-c3ccc(-c4ccc5ccc6ccc(-c7ccccc7)nc6c5n4)cc3)c21. The summed E-state index contributed by atoms with van der Waals surface area (Å²) in [4.78, 5) is 15.5. The van der Waals surface area contributed by atoms with Gasteiger partial charge in [-0.3, -0.25) is 0 Å². The van der Waals surface area contributed by atoms with E-state index in [0.717, 1.165) is 55.5 Å². The van der Waals surface area contributed by atoms with E-state index in [2.05, 4.69) is 135 Å². The van der Waals surface area contributed by atoms with Crippen molar-refractivity contribution in [3.63, 3.8) is 0 Å². The summed E-state index contributed by atoms with van der Waals surface area (Å²) in [5.41, 5.74) is 14.2. The van der Waals surface area contributed by atoms with Gasteiger partial charge in [0.25, 0.3) is 0 Å². The van der Waals surface area contributed by atoms with Crippen LogP contribution in [0.3, 0.4) is 0 Å². The lowest BCUT2D eigenvalue weighted by Gasteiger charge is -2.25. The number of fused-ring (bicyclic) bond motifs is 7. The third-order valence-electron chi connectivity index (χ3n) is 9.43. The summed E-state index contributed by atoms with van der Waals surface area (Å²) in [5.74, 6) is 0. The zero-order valence-electron chi connectivity index (χ0n) is 25.1. The predicted molar refractivity (Wildman–Crippen MR) is 186 cm³/mol. The van der Waals surface area contributed by atoms with Crippen LogP contribution in [0.25, 0.3) is 77.6 Å². The molecule has 8 aromatic rings. The van der Waals surface area contributed by atoms with Crippen LogP contribution in [0.1, 0.15) is 25.0 Å². The van der Waals surface area contributed by atoms with Crippen molar-refractivity contribution in [3.05, 3.63) is 151 Å². The monoisotopic (exact) mass is 575 g/mol. The minimum atomic E-state index is -0.163. The molecule has 0 amide bonds. The molecule has 3 heteroatoms. The van der Waals surface area contributed by atoms with Crippen LogP contribution in [-0.2, 0) is 5.41 Å². The second-order valence-corrected chi connectivity index (χ2v) is 12.4. The molecule has 3 heterocycles. The normalized spacial score (nSPS) is 13.3. The maximum absolute atomic E-state index is 5.21. The zero-order valence-corrected chi connectivity index (χ0v) is 25.1. The second-order valence-electron chi connectivity index (χ2n) is 12.4. The molecule has 9 rings (SSSR count). The van der Waals surface area contributed by atoms with Gasteiger partial charge in [-0.15, -0.1) is 0 Å². The first-order valence-electron chi connectivity index (χ1n) is 15.5. The fourth-order valence-corrected chi connectivity index (χ4v) is 7.19. The van der Waals surface area contributed by atoms with Crippen molar-refractivity contribution in [2.45, 2.75) is 19.3 Å². The van der Waals surface area contributed by atoms with Crippen LogP contribution in [0.2, 0.25) is 0 Å². The molecule has 0 unspecified atom stereocenters. The van der Waals surface area contributed by atoms with Crippen molar-refractivity contribution >= 4 is 32.7 Å². The fraction of sp³-hybridized carbons (Fsp3) is 0.0714. The number of nitrogens with zero attached hydrogens (tertiary/aromatic N) is 3. The van der Waals surface area contributed by atoms with Crippen LogP contribution in [0, 0.1) is 0 Å². The Bertz CT molecular complexity index is 2440. The Kier molecular flexibility index (Phi) is 5.54. The van der Waals surface area contributed by atoms with Gasteiger partial charge in [0.1, 0.15) is 0 Å². The average Bonchev–Trinajstić information content (AvgIpc) is 3.33. The van der Waals surface area contributed by atoms with Crippen molar-refractivity contribution < 1.29 is 0 Å². The molecule has 0 atom stereocenters. The first kappa shape index (κ1) is 25.8. The first-order valence-corrected chi connectivity index (χ1v) is 15.5. The summed E-state index contributed by atoms with van der Waals surface area (Å²) < 4.78 is 0. The molecule has 1 aliphatic rings. The maximum Gasteiger partial charge on any atom is 0.0972 e. The molecule has 3 nitrogen and oxygen atoms in total. The molecule has 0 saturated heterocycles. The van der Waals surface area contributed by atoms with Gasteiger partial charge in [0.15, 0.2) is 0 Å². The predicted octanol–water partition coefficient (Wildman–Crippen LogP) is 10.6. The summed E-state index contributed by atoms with van der Waals surface area (Å²) in [7, 11) is 0. The molecule has 5 aromatic carbocycles. The Morgan fingerprint density at radius 3 is 1.73 bits per heavy atom. The molecule has 0 radical (unpaired) electrons. The lowest BCUT2D eigenvalue weighted by molar-refractivity contribution is 0.662. The number of rotatable bonds is 3. The molecule has 0 fully saturated rings. The van der Waals surface area contributed by atoms with E-state index in [1.54, 1.807) is 0 Å². The molecule has 212 valence electrons. The van der Waals surface area contributed by atoms with E-state index >= 15 is 0 Å². The lowest BCUT2D eigenvalue weighted by Crippen LogP contribution is -2.16. The summed E-state index contributed by atoms with van der Waals surface area (Å²) >= 11 is 0. The number of para-hydroxylation sites is 1. The summed E-state index contributed by atoms with van der Waals surface area (Å²) in [5, 5.41) is 3.35. The van der Waals surface area contributed by atoms with Gasteiger partial charge < -0.3 is 0 Å². The minimum absolute atomic E-state index is 0.163. The highest BCUT2D eigenvalue weighted by Gasteiger charge is 2.39. The number of hydrogen-bond acceptors (Lipinski definition) is 3. The molecule has 0 aliphatic heterocycles. The summed E-state index contributed by atoms with van der Waals surface area (Å²) in [6, 6.07) is 49.2. The molecular weight excluding hydrogens is 546 g/mol. The van der Waals surface area contributed by atoms with Crippen molar-refractivity contribution in [1.82, 2.24) is 15.0 Å². The van der Waals surface area contributed by atoms with E-state index < -0.39 is 0 Å². The molecule has 45 heavy (non-hydrogen) atoms. The standard InChI is InChI=1S/C42H29N3/c1-42(2)33-14-8-6-12-31(33)41-38(42)37(32-13-7-9-15-36(32)45-41)28-18-16-27(17-19-28)35-25-23-30-21-20-29-22-24-34(26-10-4-3-5-11-26)43-39(29)40(30)44-35/h3-25H,1-2H3. The Labute approximate surface area is 261 Å². The molecule has 0 bridgehead atoms. The Balaban J connectivity index is 1.19.